The topological polar surface area (TPSA) is 26.3 Å². The van der Waals surface area contributed by atoms with Crippen molar-refractivity contribution in [3.63, 3.8) is 0 Å². The van der Waals surface area contributed by atoms with Gasteiger partial charge in [-0.15, -0.1) is 0 Å². The first-order chi connectivity index (χ1) is 11.5. The van der Waals surface area contributed by atoms with Crippen LogP contribution in [0, 0.1) is 12.7 Å². The predicted molar refractivity (Wildman–Crippen MR) is 103 cm³/mol. The normalized spacial score (nSPS) is 12.1. The maximum Gasteiger partial charge on any atom is 0.250 e. The minimum Gasteiger partial charge on any atom is -0.544 e. The van der Waals surface area contributed by atoms with Gasteiger partial charge in [-0.05, 0) is 66.5 Å². The van der Waals surface area contributed by atoms with Crippen molar-refractivity contribution in [2.45, 2.75) is 52.2 Å². The van der Waals surface area contributed by atoms with Crippen molar-refractivity contribution in [3.8, 4) is 5.75 Å². The molecule has 0 spiro atoms. The van der Waals surface area contributed by atoms with Gasteiger partial charge in [-0.3, -0.25) is 4.79 Å². The maximum atomic E-state index is 13.6. The average molecular weight is 359 g/mol. The second-order valence-corrected chi connectivity index (χ2v) is 12.8. The summed E-state index contributed by atoms with van der Waals surface area (Å²) in [7, 11) is -1.89. The third-order valence-electron chi connectivity index (χ3n) is 4.96. The predicted octanol–water partition coefficient (Wildman–Crippen LogP) is 5.94. The molecule has 4 heteroatoms. The molecule has 0 amide bonds. The van der Waals surface area contributed by atoms with E-state index in [-0.39, 0.29) is 23.1 Å². The Morgan fingerprint density at radius 2 is 1.68 bits per heavy atom. The quantitative estimate of drug-likeness (QED) is 0.488. The first-order valence-electron chi connectivity index (χ1n) is 8.57. The summed E-state index contributed by atoms with van der Waals surface area (Å²) >= 11 is 0. The lowest BCUT2D eigenvalue weighted by Gasteiger charge is -2.36. The molecule has 134 valence electrons. The molecule has 0 aliphatic heterocycles. The van der Waals surface area contributed by atoms with Gasteiger partial charge in [0.25, 0.3) is 0 Å². The summed E-state index contributed by atoms with van der Waals surface area (Å²) < 4.78 is 19.8. The Morgan fingerprint density at radius 3 is 2.20 bits per heavy atom. The molecule has 2 aromatic rings. The third kappa shape index (κ3) is 4.79. The molecule has 0 aliphatic rings. The summed E-state index contributed by atoms with van der Waals surface area (Å²) in [4.78, 5) is 12.4. The van der Waals surface area contributed by atoms with E-state index in [0.29, 0.717) is 16.7 Å². The van der Waals surface area contributed by atoms with Crippen LogP contribution < -0.4 is 4.43 Å². The molecule has 25 heavy (non-hydrogen) atoms. The summed E-state index contributed by atoms with van der Waals surface area (Å²) in [6.07, 6.45) is 0.194. The van der Waals surface area contributed by atoms with Crippen molar-refractivity contribution in [1.82, 2.24) is 0 Å². The molecule has 0 radical (unpaired) electrons. The smallest absolute Gasteiger partial charge is 0.250 e. The van der Waals surface area contributed by atoms with Gasteiger partial charge in [0.15, 0.2) is 5.78 Å². The zero-order chi connectivity index (χ0) is 18.8. The fourth-order valence-corrected chi connectivity index (χ4v) is 3.22. The Hall–Kier alpha value is -1.94. The minimum atomic E-state index is -1.89. The number of benzene rings is 2. The second-order valence-electron chi connectivity index (χ2n) is 8.07. The van der Waals surface area contributed by atoms with Gasteiger partial charge in [0.2, 0.25) is 8.32 Å². The molecular weight excluding hydrogens is 331 g/mol. The Kier molecular flexibility index (Phi) is 5.52. The molecule has 0 atom stereocenters. The summed E-state index contributed by atoms with van der Waals surface area (Å²) in [6.45, 7) is 12.7. The molecule has 0 saturated carbocycles. The highest BCUT2D eigenvalue weighted by molar-refractivity contribution is 6.74. The monoisotopic (exact) mass is 358 g/mol. The van der Waals surface area contributed by atoms with Gasteiger partial charge >= 0.3 is 0 Å². The first kappa shape index (κ1) is 19.4. The van der Waals surface area contributed by atoms with E-state index >= 15 is 0 Å². The van der Waals surface area contributed by atoms with Crippen molar-refractivity contribution in [1.29, 1.82) is 0 Å². The number of hydrogen-bond acceptors (Lipinski definition) is 2. The molecule has 0 N–H and O–H groups in total. The number of rotatable bonds is 5. The summed E-state index contributed by atoms with van der Waals surface area (Å²) in [5.74, 6) is 0.495. The van der Waals surface area contributed by atoms with E-state index in [0.717, 1.165) is 5.75 Å². The molecule has 0 fully saturated rings. The summed E-state index contributed by atoms with van der Waals surface area (Å²) in [5.41, 5.74) is 1.89. The van der Waals surface area contributed by atoms with Crippen molar-refractivity contribution in [2.75, 3.05) is 0 Å². The molecule has 0 heterocycles. The first-order valence-corrected chi connectivity index (χ1v) is 11.5. The number of ketones is 1. The van der Waals surface area contributed by atoms with E-state index in [1.165, 1.54) is 6.07 Å². The van der Waals surface area contributed by atoms with Gasteiger partial charge in [0, 0.05) is 12.0 Å². The lowest BCUT2D eigenvalue weighted by Crippen LogP contribution is -2.43. The van der Waals surface area contributed by atoms with Crippen molar-refractivity contribution in [3.05, 3.63) is 65.0 Å². The van der Waals surface area contributed by atoms with Crippen LogP contribution in [0.1, 0.15) is 42.3 Å². The molecule has 0 saturated heterocycles. The zero-order valence-corrected chi connectivity index (χ0v) is 16.9. The molecule has 0 aromatic heterocycles. The highest BCUT2D eigenvalue weighted by atomic mass is 28.4. The third-order valence-corrected chi connectivity index (χ3v) is 9.31. The van der Waals surface area contributed by atoms with E-state index in [4.69, 9.17) is 4.43 Å². The Morgan fingerprint density at radius 1 is 1.08 bits per heavy atom. The van der Waals surface area contributed by atoms with Crippen molar-refractivity contribution < 1.29 is 13.6 Å². The number of aryl methyl sites for hydroxylation is 1. The molecular formula is C21H27FO2Si. The van der Waals surface area contributed by atoms with Crippen LogP contribution in [0.2, 0.25) is 18.1 Å². The van der Waals surface area contributed by atoms with Gasteiger partial charge in [-0.1, -0.05) is 32.9 Å². The van der Waals surface area contributed by atoms with Gasteiger partial charge in [-0.25, -0.2) is 4.39 Å². The van der Waals surface area contributed by atoms with Crippen LogP contribution in [-0.4, -0.2) is 14.1 Å². The van der Waals surface area contributed by atoms with Crippen LogP contribution in [0.4, 0.5) is 4.39 Å². The van der Waals surface area contributed by atoms with Crippen LogP contribution >= 0.6 is 0 Å². The molecule has 2 aromatic carbocycles. The van der Waals surface area contributed by atoms with Gasteiger partial charge in [0.1, 0.15) is 11.6 Å². The number of Topliss-reactive ketones (excluding diaryl/α,β-unsaturated/α-hetero) is 1. The SMILES string of the molecule is Cc1ccc(CC(=O)c2ccc(O[Si](C)(C)C(C)(C)C)cc2)cc1F. The number of hydrogen-bond donors (Lipinski definition) is 0. The number of halogens is 1. The van der Waals surface area contributed by atoms with Gasteiger partial charge in [-0.2, -0.15) is 0 Å². The fourth-order valence-electron chi connectivity index (χ4n) is 2.19. The Labute approximate surface area is 151 Å². The second kappa shape index (κ2) is 7.12. The van der Waals surface area contributed by atoms with Crippen molar-refractivity contribution >= 4 is 14.1 Å². The molecule has 0 aliphatic carbocycles. The maximum absolute atomic E-state index is 13.6. The summed E-state index contributed by atoms with van der Waals surface area (Å²) in [5, 5.41) is 0.122. The standard InChI is InChI=1S/C21H27FO2Si/c1-15-7-8-16(13-19(15)22)14-20(23)17-9-11-18(12-10-17)24-25(5,6)21(2,3)4/h7-13H,14H2,1-6H3. The highest BCUT2D eigenvalue weighted by Gasteiger charge is 2.38. The molecule has 0 bridgehead atoms. The van der Waals surface area contributed by atoms with Gasteiger partial charge < -0.3 is 4.43 Å². The van der Waals surface area contributed by atoms with Gasteiger partial charge in [0.05, 0.1) is 0 Å². The Balaban J connectivity index is 2.08. The molecule has 2 rings (SSSR count). The lowest BCUT2D eigenvalue weighted by atomic mass is 10.0. The summed E-state index contributed by atoms with van der Waals surface area (Å²) in [6, 6.07) is 12.2. The van der Waals surface area contributed by atoms with Crippen molar-refractivity contribution in [2.24, 2.45) is 0 Å². The largest absolute Gasteiger partial charge is 0.544 e. The van der Waals surface area contributed by atoms with Crippen LogP contribution in [0.3, 0.4) is 0 Å². The van der Waals surface area contributed by atoms with E-state index in [1.54, 1.807) is 31.2 Å². The zero-order valence-electron chi connectivity index (χ0n) is 15.9. The van der Waals surface area contributed by atoms with E-state index in [1.807, 2.05) is 12.1 Å². The van der Waals surface area contributed by atoms with E-state index < -0.39 is 8.32 Å². The van der Waals surface area contributed by atoms with Crippen LogP contribution in [0.5, 0.6) is 5.75 Å². The number of carbonyl (C=O) groups is 1. The van der Waals surface area contributed by atoms with Crippen LogP contribution in [0.25, 0.3) is 0 Å². The minimum absolute atomic E-state index is 0.0258. The van der Waals surface area contributed by atoms with Crippen LogP contribution in [-0.2, 0) is 6.42 Å². The van der Waals surface area contributed by atoms with E-state index in [2.05, 4.69) is 33.9 Å². The van der Waals surface area contributed by atoms with Crippen LogP contribution in [0.15, 0.2) is 42.5 Å². The van der Waals surface area contributed by atoms with E-state index in [9.17, 15) is 9.18 Å². The highest BCUT2D eigenvalue weighted by Crippen LogP contribution is 2.37. The lowest BCUT2D eigenvalue weighted by molar-refractivity contribution is 0.0993. The number of carbonyl (C=O) groups excluding carboxylic acids is 1. The average Bonchev–Trinajstić information content (AvgIpc) is 2.50. The molecule has 2 nitrogen and oxygen atoms in total. The molecule has 0 unspecified atom stereocenters. The Bertz CT molecular complexity index is 758. The fraction of sp³-hybridized carbons (Fsp3) is 0.381.